The first-order chi connectivity index (χ1) is 8.63. The van der Waals surface area contributed by atoms with Gasteiger partial charge in [0.25, 0.3) is 0 Å². The molecule has 0 aromatic heterocycles. The molecule has 98 valence electrons. The highest BCUT2D eigenvalue weighted by Crippen LogP contribution is 2.26. The highest BCUT2D eigenvalue weighted by atomic mass is 19.1. The van der Waals surface area contributed by atoms with Crippen LogP contribution >= 0.6 is 0 Å². The number of halogens is 1. The van der Waals surface area contributed by atoms with Crippen molar-refractivity contribution in [1.82, 2.24) is 5.32 Å². The van der Waals surface area contributed by atoms with Crippen LogP contribution in [-0.2, 0) is 4.79 Å². The lowest BCUT2D eigenvalue weighted by molar-refractivity contribution is -0.118. The minimum Gasteiger partial charge on any atom is -0.311 e. The molecule has 0 spiro atoms. The van der Waals surface area contributed by atoms with E-state index < -0.39 is 0 Å². The summed E-state index contributed by atoms with van der Waals surface area (Å²) in [7, 11) is 0. The van der Waals surface area contributed by atoms with Gasteiger partial charge in [-0.1, -0.05) is 13.0 Å². The molecule has 1 N–H and O–H groups in total. The first kappa shape index (κ1) is 13.0. The average molecular weight is 250 g/mol. The molecule has 1 atom stereocenters. The largest absolute Gasteiger partial charge is 0.311 e. The van der Waals surface area contributed by atoms with Gasteiger partial charge in [0.05, 0.1) is 6.04 Å². The zero-order chi connectivity index (χ0) is 13.1. The maximum atomic E-state index is 13.3. The molecule has 4 heteroatoms. The number of hydrogen-bond donors (Lipinski definition) is 1. The summed E-state index contributed by atoms with van der Waals surface area (Å²) in [5.41, 5.74) is 1.63. The standard InChI is InChI=1S/C14H19FN2O/c1-3-7-16-12-6-8-17(14(12)18)13-9-11(15)5-4-10(13)2/h4-5,9,12,16H,3,6-8H2,1-2H3. The quantitative estimate of drug-likeness (QED) is 0.888. The van der Waals surface area contributed by atoms with Crippen LogP contribution in [0.1, 0.15) is 25.3 Å². The molecule has 1 aromatic rings. The zero-order valence-corrected chi connectivity index (χ0v) is 10.9. The van der Waals surface area contributed by atoms with Gasteiger partial charge >= 0.3 is 0 Å². The zero-order valence-electron chi connectivity index (χ0n) is 10.9. The van der Waals surface area contributed by atoms with Gasteiger partial charge in [-0.05, 0) is 44.0 Å². The van der Waals surface area contributed by atoms with Crippen LogP contribution in [0.15, 0.2) is 18.2 Å². The summed E-state index contributed by atoms with van der Waals surface area (Å²) in [6, 6.07) is 4.46. The Morgan fingerprint density at radius 2 is 2.28 bits per heavy atom. The Morgan fingerprint density at radius 1 is 1.50 bits per heavy atom. The van der Waals surface area contributed by atoms with Gasteiger partial charge in [0.2, 0.25) is 5.91 Å². The number of anilines is 1. The molecule has 1 aliphatic rings. The van der Waals surface area contributed by atoms with Crippen LogP contribution in [0, 0.1) is 12.7 Å². The van der Waals surface area contributed by atoms with Crippen molar-refractivity contribution in [1.29, 1.82) is 0 Å². The van der Waals surface area contributed by atoms with Gasteiger partial charge in [-0.15, -0.1) is 0 Å². The van der Waals surface area contributed by atoms with Crippen molar-refractivity contribution in [2.45, 2.75) is 32.7 Å². The van der Waals surface area contributed by atoms with Crippen LogP contribution in [0.5, 0.6) is 0 Å². The first-order valence-electron chi connectivity index (χ1n) is 6.44. The smallest absolute Gasteiger partial charge is 0.244 e. The van der Waals surface area contributed by atoms with E-state index in [1.54, 1.807) is 11.0 Å². The van der Waals surface area contributed by atoms with Crippen LogP contribution in [0.25, 0.3) is 0 Å². The summed E-state index contributed by atoms with van der Waals surface area (Å²) in [6.45, 7) is 5.46. The van der Waals surface area contributed by atoms with Crippen molar-refractivity contribution in [3.8, 4) is 0 Å². The topological polar surface area (TPSA) is 32.3 Å². The van der Waals surface area contributed by atoms with Crippen molar-refractivity contribution in [2.75, 3.05) is 18.0 Å². The maximum Gasteiger partial charge on any atom is 0.244 e. The van der Waals surface area contributed by atoms with Gasteiger partial charge in [0.1, 0.15) is 5.82 Å². The average Bonchev–Trinajstić information content (AvgIpc) is 2.71. The molecule has 1 unspecified atom stereocenters. The van der Waals surface area contributed by atoms with Crippen LogP contribution in [0.3, 0.4) is 0 Å². The van der Waals surface area contributed by atoms with E-state index in [2.05, 4.69) is 12.2 Å². The molecule has 0 radical (unpaired) electrons. The Balaban J connectivity index is 2.15. The molecule has 1 aliphatic heterocycles. The number of carbonyl (C=O) groups is 1. The van der Waals surface area contributed by atoms with E-state index >= 15 is 0 Å². The Hall–Kier alpha value is -1.42. The third-order valence-corrected chi connectivity index (χ3v) is 3.31. The van der Waals surface area contributed by atoms with Crippen molar-refractivity contribution in [3.05, 3.63) is 29.6 Å². The Labute approximate surface area is 107 Å². The number of nitrogens with one attached hydrogen (secondary N) is 1. The van der Waals surface area contributed by atoms with Crippen molar-refractivity contribution >= 4 is 11.6 Å². The molecule has 1 amide bonds. The number of nitrogens with zero attached hydrogens (tertiary/aromatic N) is 1. The highest BCUT2D eigenvalue weighted by molar-refractivity contribution is 6.00. The predicted octanol–water partition coefficient (Wildman–Crippen LogP) is 2.24. The molecular weight excluding hydrogens is 231 g/mol. The van der Waals surface area contributed by atoms with Crippen LogP contribution < -0.4 is 10.2 Å². The van der Waals surface area contributed by atoms with Crippen LogP contribution in [0.4, 0.5) is 10.1 Å². The monoisotopic (exact) mass is 250 g/mol. The van der Waals surface area contributed by atoms with Gasteiger partial charge in [-0.2, -0.15) is 0 Å². The molecule has 1 saturated heterocycles. The van der Waals surface area contributed by atoms with E-state index in [0.29, 0.717) is 12.2 Å². The lowest BCUT2D eigenvalue weighted by Gasteiger charge is -2.19. The van der Waals surface area contributed by atoms with E-state index in [1.807, 2.05) is 6.92 Å². The first-order valence-corrected chi connectivity index (χ1v) is 6.44. The van der Waals surface area contributed by atoms with Gasteiger partial charge in [0, 0.05) is 12.2 Å². The predicted molar refractivity (Wildman–Crippen MR) is 70.2 cm³/mol. The number of benzene rings is 1. The lowest BCUT2D eigenvalue weighted by Crippen LogP contribution is -2.38. The van der Waals surface area contributed by atoms with E-state index in [1.165, 1.54) is 12.1 Å². The minimum atomic E-state index is -0.298. The fourth-order valence-corrected chi connectivity index (χ4v) is 2.30. The SMILES string of the molecule is CCCNC1CCN(c2cc(F)ccc2C)C1=O. The van der Waals surface area contributed by atoms with Gasteiger partial charge in [0.15, 0.2) is 0 Å². The molecular formula is C14H19FN2O. The number of aryl methyl sites for hydroxylation is 1. The molecule has 18 heavy (non-hydrogen) atoms. The van der Waals surface area contributed by atoms with Crippen LogP contribution in [-0.4, -0.2) is 25.0 Å². The van der Waals surface area contributed by atoms with E-state index in [4.69, 9.17) is 0 Å². The van der Waals surface area contributed by atoms with Crippen molar-refractivity contribution in [2.24, 2.45) is 0 Å². The number of rotatable bonds is 4. The molecule has 0 bridgehead atoms. The summed E-state index contributed by atoms with van der Waals surface area (Å²) in [5.74, 6) is -0.245. The summed E-state index contributed by atoms with van der Waals surface area (Å²) in [4.78, 5) is 13.9. The third-order valence-electron chi connectivity index (χ3n) is 3.31. The van der Waals surface area contributed by atoms with E-state index in [9.17, 15) is 9.18 Å². The maximum absolute atomic E-state index is 13.3. The highest BCUT2D eigenvalue weighted by Gasteiger charge is 2.32. The summed E-state index contributed by atoms with van der Waals surface area (Å²) in [6.07, 6.45) is 1.79. The molecule has 0 aliphatic carbocycles. The number of carbonyl (C=O) groups excluding carboxylic acids is 1. The molecule has 1 fully saturated rings. The molecule has 1 heterocycles. The van der Waals surface area contributed by atoms with Crippen molar-refractivity contribution in [3.63, 3.8) is 0 Å². The van der Waals surface area contributed by atoms with Crippen molar-refractivity contribution < 1.29 is 9.18 Å². The lowest BCUT2D eigenvalue weighted by atomic mass is 10.2. The normalized spacial score (nSPS) is 19.6. The Bertz CT molecular complexity index is 447. The molecule has 1 aromatic carbocycles. The Kier molecular flexibility index (Phi) is 3.97. The molecule has 2 rings (SSSR count). The second-order valence-electron chi connectivity index (χ2n) is 4.72. The summed E-state index contributed by atoms with van der Waals surface area (Å²) in [5, 5.41) is 3.23. The summed E-state index contributed by atoms with van der Waals surface area (Å²) >= 11 is 0. The number of amides is 1. The second kappa shape index (κ2) is 5.48. The minimum absolute atomic E-state index is 0.0529. The summed E-state index contributed by atoms with van der Waals surface area (Å²) < 4.78 is 13.3. The fraction of sp³-hybridized carbons (Fsp3) is 0.500. The Morgan fingerprint density at radius 3 is 3.00 bits per heavy atom. The molecule has 0 saturated carbocycles. The molecule has 3 nitrogen and oxygen atoms in total. The van der Waals surface area contributed by atoms with E-state index in [0.717, 1.165) is 24.9 Å². The van der Waals surface area contributed by atoms with Crippen LogP contribution in [0.2, 0.25) is 0 Å². The number of hydrogen-bond acceptors (Lipinski definition) is 2. The van der Waals surface area contributed by atoms with Gasteiger partial charge < -0.3 is 10.2 Å². The fourth-order valence-electron chi connectivity index (χ4n) is 2.30. The van der Waals surface area contributed by atoms with Gasteiger partial charge in [-0.25, -0.2) is 4.39 Å². The second-order valence-corrected chi connectivity index (χ2v) is 4.72. The third kappa shape index (κ3) is 2.53. The van der Waals surface area contributed by atoms with E-state index in [-0.39, 0.29) is 17.8 Å². The van der Waals surface area contributed by atoms with Gasteiger partial charge in [-0.3, -0.25) is 4.79 Å².